The summed E-state index contributed by atoms with van der Waals surface area (Å²) in [6.07, 6.45) is 3.06. The lowest BCUT2D eigenvalue weighted by Gasteiger charge is -2.44. The van der Waals surface area contributed by atoms with Gasteiger partial charge in [-0.1, -0.05) is 13.8 Å². The topological polar surface area (TPSA) is 67.9 Å². The van der Waals surface area contributed by atoms with Crippen molar-refractivity contribution in [3.63, 3.8) is 0 Å². The fourth-order valence-corrected chi connectivity index (χ4v) is 3.33. The molecule has 0 aromatic heterocycles. The molecular formula is C12H21N3O2. The van der Waals surface area contributed by atoms with Gasteiger partial charge in [0.2, 0.25) is 0 Å². The van der Waals surface area contributed by atoms with Gasteiger partial charge in [0.1, 0.15) is 11.4 Å². The van der Waals surface area contributed by atoms with E-state index in [-0.39, 0.29) is 17.0 Å². The Labute approximate surface area is 102 Å². The number of nitrogens with zero attached hydrogens (tertiary/aromatic N) is 2. The van der Waals surface area contributed by atoms with Crippen LogP contribution in [0.15, 0.2) is 4.99 Å². The molecule has 1 aliphatic heterocycles. The van der Waals surface area contributed by atoms with E-state index in [1.54, 1.807) is 12.0 Å². The van der Waals surface area contributed by atoms with Crippen LogP contribution in [0.4, 0.5) is 4.79 Å². The largest absolute Gasteiger partial charge is 0.385 e. The molecule has 2 N–H and O–H groups in total. The van der Waals surface area contributed by atoms with Crippen molar-refractivity contribution in [1.82, 2.24) is 4.90 Å². The lowest BCUT2D eigenvalue weighted by molar-refractivity contribution is 0.0764. The molecule has 0 radical (unpaired) electrons. The fraction of sp³-hybridized carbons (Fsp3) is 0.833. The minimum atomic E-state index is -0.386. The molecule has 96 valence electrons. The first-order chi connectivity index (χ1) is 7.95. The van der Waals surface area contributed by atoms with E-state index in [0.717, 1.165) is 19.3 Å². The van der Waals surface area contributed by atoms with Crippen molar-refractivity contribution in [2.24, 2.45) is 16.1 Å². The van der Waals surface area contributed by atoms with Gasteiger partial charge in [-0.3, -0.25) is 0 Å². The molecule has 0 aromatic rings. The number of urea groups is 1. The van der Waals surface area contributed by atoms with Crippen molar-refractivity contribution in [1.29, 1.82) is 0 Å². The average Bonchev–Trinajstić information content (AvgIpc) is 2.67. The second-order valence-corrected chi connectivity index (χ2v) is 5.52. The van der Waals surface area contributed by atoms with E-state index in [4.69, 9.17) is 10.5 Å². The molecule has 2 aliphatic rings. The number of hydrogen-bond acceptors (Lipinski definition) is 3. The van der Waals surface area contributed by atoms with Crippen LogP contribution < -0.4 is 5.73 Å². The van der Waals surface area contributed by atoms with E-state index in [0.29, 0.717) is 19.0 Å². The number of methoxy groups -OCH3 is 1. The van der Waals surface area contributed by atoms with Gasteiger partial charge >= 0.3 is 6.03 Å². The van der Waals surface area contributed by atoms with Crippen molar-refractivity contribution >= 4 is 11.9 Å². The maximum absolute atomic E-state index is 11.9. The van der Waals surface area contributed by atoms with E-state index in [1.807, 2.05) is 0 Å². The second kappa shape index (κ2) is 3.98. The molecule has 5 nitrogen and oxygen atoms in total. The van der Waals surface area contributed by atoms with Gasteiger partial charge < -0.3 is 15.4 Å². The normalized spacial score (nSPS) is 31.4. The molecule has 1 heterocycles. The first-order valence-corrected chi connectivity index (χ1v) is 6.11. The highest BCUT2D eigenvalue weighted by molar-refractivity contribution is 6.06. The van der Waals surface area contributed by atoms with Gasteiger partial charge in [0, 0.05) is 13.7 Å². The minimum absolute atomic E-state index is 0.0134. The van der Waals surface area contributed by atoms with E-state index in [9.17, 15) is 4.79 Å². The van der Waals surface area contributed by atoms with Crippen molar-refractivity contribution in [2.45, 2.75) is 38.6 Å². The smallest absolute Gasteiger partial charge is 0.346 e. The minimum Gasteiger partial charge on any atom is -0.385 e. The number of aliphatic imine (C=N–C) groups is 1. The van der Waals surface area contributed by atoms with Crippen LogP contribution in [0.1, 0.15) is 33.1 Å². The molecule has 1 saturated carbocycles. The fourth-order valence-electron chi connectivity index (χ4n) is 3.33. The quantitative estimate of drug-likeness (QED) is 0.809. The van der Waals surface area contributed by atoms with Crippen LogP contribution in [0.3, 0.4) is 0 Å². The van der Waals surface area contributed by atoms with Crippen LogP contribution in [0.25, 0.3) is 0 Å². The average molecular weight is 239 g/mol. The highest BCUT2D eigenvalue weighted by Gasteiger charge is 2.59. The van der Waals surface area contributed by atoms with E-state index in [2.05, 4.69) is 18.8 Å². The van der Waals surface area contributed by atoms with Crippen LogP contribution in [-0.4, -0.2) is 42.6 Å². The molecule has 17 heavy (non-hydrogen) atoms. The Hall–Kier alpha value is -1.10. The molecular weight excluding hydrogens is 218 g/mol. The predicted molar refractivity (Wildman–Crippen MR) is 66.0 cm³/mol. The highest BCUT2D eigenvalue weighted by atomic mass is 16.5. The number of rotatable bonds is 3. The molecule has 1 fully saturated rings. The third-order valence-electron chi connectivity index (χ3n) is 4.31. The summed E-state index contributed by atoms with van der Waals surface area (Å²) in [6.45, 7) is 5.41. The van der Waals surface area contributed by atoms with Crippen LogP contribution in [-0.2, 0) is 4.74 Å². The van der Waals surface area contributed by atoms with Crippen molar-refractivity contribution in [2.75, 3.05) is 20.3 Å². The van der Waals surface area contributed by atoms with Crippen LogP contribution >= 0.6 is 0 Å². The molecule has 1 atom stereocenters. The summed E-state index contributed by atoms with van der Waals surface area (Å²) in [6, 6.07) is -0.213. The Balaban J connectivity index is 2.35. The predicted octanol–water partition coefficient (Wildman–Crippen LogP) is 1.37. The number of carbonyl (C=O) groups is 1. The summed E-state index contributed by atoms with van der Waals surface area (Å²) in [5.41, 5.74) is 5.65. The van der Waals surface area contributed by atoms with Gasteiger partial charge in [0.05, 0.1) is 6.61 Å². The SMILES string of the molecule is COCCN1C(=O)N=C(N)C12CCCC2(C)C. The van der Waals surface area contributed by atoms with E-state index in [1.165, 1.54) is 0 Å². The second-order valence-electron chi connectivity index (χ2n) is 5.52. The molecule has 2 rings (SSSR count). The number of ether oxygens (including phenoxy) is 1. The zero-order valence-corrected chi connectivity index (χ0v) is 10.8. The van der Waals surface area contributed by atoms with Gasteiger partial charge in [-0.15, -0.1) is 0 Å². The molecule has 1 spiro atoms. The molecule has 2 amide bonds. The third-order valence-corrected chi connectivity index (χ3v) is 4.31. The number of amides is 2. The van der Waals surface area contributed by atoms with Gasteiger partial charge in [0.15, 0.2) is 0 Å². The Morgan fingerprint density at radius 3 is 2.71 bits per heavy atom. The first kappa shape index (κ1) is 12.4. The first-order valence-electron chi connectivity index (χ1n) is 6.11. The van der Waals surface area contributed by atoms with Crippen LogP contribution in [0, 0.1) is 5.41 Å². The zero-order valence-electron chi connectivity index (χ0n) is 10.8. The van der Waals surface area contributed by atoms with E-state index < -0.39 is 0 Å². The monoisotopic (exact) mass is 239 g/mol. The summed E-state index contributed by atoms with van der Waals surface area (Å²) in [4.78, 5) is 17.7. The Morgan fingerprint density at radius 1 is 1.47 bits per heavy atom. The maximum Gasteiger partial charge on any atom is 0.346 e. The summed E-state index contributed by atoms with van der Waals surface area (Å²) in [5.74, 6) is 0.487. The summed E-state index contributed by atoms with van der Waals surface area (Å²) in [7, 11) is 1.64. The lowest BCUT2D eigenvalue weighted by atomic mass is 9.73. The van der Waals surface area contributed by atoms with Crippen molar-refractivity contribution < 1.29 is 9.53 Å². The number of amidine groups is 1. The highest BCUT2D eigenvalue weighted by Crippen LogP contribution is 2.51. The summed E-state index contributed by atoms with van der Waals surface area (Å²) >= 11 is 0. The maximum atomic E-state index is 11.9. The van der Waals surface area contributed by atoms with Crippen molar-refractivity contribution in [3.8, 4) is 0 Å². The number of carbonyl (C=O) groups excluding carboxylic acids is 1. The van der Waals surface area contributed by atoms with Gasteiger partial charge in [0.25, 0.3) is 0 Å². The van der Waals surface area contributed by atoms with Crippen molar-refractivity contribution in [3.05, 3.63) is 0 Å². The Morgan fingerprint density at radius 2 is 2.18 bits per heavy atom. The molecule has 0 bridgehead atoms. The molecule has 0 aromatic carbocycles. The Kier molecular flexibility index (Phi) is 2.89. The molecule has 5 heteroatoms. The van der Waals surface area contributed by atoms with Gasteiger partial charge in [-0.05, 0) is 24.7 Å². The third kappa shape index (κ3) is 1.56. The number of nitrogens with two attached hydrogens (primary N) is 1. The molecule has 1 aliphatic carbocycles. The number of hydrogen-bond donors (Lipinski definition) is 1. The molecule has 0 saturated heterocycles. The lowest BCUT2D eigenvalue weighted by Crippen LogP contribution is -2.60. The summed E-state index contributed by atoms with van der Waals surface area (Å²) < 4.78 is 5.07. The van der Waals surface area contributed by atoms with Crippen LogP contribution in [0.5, 0.6) is 0 Å². The zero-order chi connectivity index (χ0) is 12.7. The van der Waals surface area contributed by atoms with E-state index >= 15 is 0 Å². The Bertz CT molecular complexity index is 365. The van der Waals surface area contributed by atoms with Gasteiger partial charge in [-0.25, -0.2) is 4.79 Å². The molecule has 1 unspecified atom stereocenters. The van der Waals surface area contributed by atoms with Gasteiger partial charge in [-0.2, -0.15) is 4.99 Å². The van der Waals surface area contributed by atoms with Crippen LogP contribution in [0.2, 0.25) is 0 Å². The summed E-state index contributed by atoms with van der Waals surface area (Å²) in [5, 5.41) is 0. The standard InChI is InChI=1S/C12H21N3O2/c1-11(2)5-4-6-12(11)9(13)14-10(16)15(12)7-8-17-3/h4-8H2,1-3H3,(H2,13,14,16).